The molecule has 9 rings (SSSR count). The van der Waals surface area contributed by atoms with E-state index >= 15 is 0 Å². The molecule has 4 nitrogen and oxygen atoms in total. The van der Waals surface area contributed by atoms with Crippen LogP contribution in [0.5, 0.6) is 0 Å². The molecule has 0 saturated heterocycles. The Balaban J connectivity index is 1.79. The summed E-state index contributed by atoms with van der Waals surface area (Å²) in [6.45, 7) is 7.66. The van der Waals surface area contributed by atoms with Crippen molar-refractivity contribution in [2.75, 3.05) is 0 Å². The highest BCUT2D eigenvalue weighted by Gasteiger charge is 2.28. The van der Waals surface area contributed by atoms with Gasteiger partial charge in [0.05, 0.1) is 51.3 Å². The second-order valence-corrected chi connectivity index (χ2v) is 9.56. The number of rotatable bonds is 0. The SMILES string of the molecule is [C-]#[N+]c1ccc2c(c1)c1c3c4ccccc4n4c5ccc(C#N)cc5c(c5c6ccccc6n2c51)c34. The summed E-state index contributed by atoms with van der Waals surface area (Å²) in [7, 11) is 0. The summed E-state index contributed by atoms with van der Waals surface area (Å²) < 4.78 is 4.74. The van der Waals surface area contributed by atoms with E-state index in [0.29, 0.717) is 11.3 Å². The maximum absolute atomic E-state index is 9.73. The highest BCUT2D eigenvalue weighted by Crippen LogP contribution is 2.51. The van der Waals surface area contributed by atoms with Crippen LogP contribution in [0.25, 0.3) is 81.0 Å². The first-order chi connectivity index (χ1) is 17.8. The normalized spacial score (nSPS) is 12.4. The lowest BCUT2D eigenvalue weighted by Gasteiger charge is -2.03. The highest BCUT2D eigenvalue weighted by molar-refractivity contribution is 6.45. The van der Waals surface area contributed by atoms with E-state index in [1.807, 2.05) is 24.3 Å². The van der Waals surface area contributed by atoms with E-state index < -0.39 is 0 Å². The van der Waals surface area contributed by atoms with E-state index in [9.17, 15) is 5.26 Å². The Morgan fingerprint density at radius 2 is 1.08 bits per heavy atom. The Labute approximate surface area is 203 Å². The van der Waals surface area contributed by atoms with Crippen molar-refractivity contribution in [2.45, 2.75) is 0 Å². The third-order valence-electron chi connectivity index (χ3n) is 7.98. The van der Waals surface area contributed by atoms with Crippen molar-refractivity contribution in [3.05, 3.63) is 102 Å². The number of benzene rings is 5. The van der Waals surface area contributed by atoms with Gasteiger partial charge in [0.15, 0.2) is 5.69 Å². The number of nitrogens with zero attached hydrogens (tertiary/aromatic N) is 4. The lowest BCUT2D eigenvalue weighted by Crippen LogP contribution is -1.80. The van der Waals surface area contributed by atoms with E-state index in [2.05, 4.69) is 80.4 Å². The Bertz CT molecular complexity index is 2310. The van der Waals surface area contributed by atoms with Gasteiger partial charge in [0.2, 0.25) is 0 Å². The number of hydrogen-bond acceptors (Lipinski definition) is 1. The van der Waals surface area contributed by atoms with Crippen molar-refractivity contribution >= 4 is 81.9 Å². The molecular formula is C32H14N4. The number of fused-ring (bicyclic) bond motifs is 14. The predicted molar refractivity (Wildman–Crippen MR) is 147 cm³/mol. The van der Waals surface area contributed by atoms with Crippen LogP contribution >= 0.6 is 0 Å². The van der Waals surface area contributed by atoms with Gasteiger partial charge in [-0.05, 0) is 47.9 Å². The summed E-state index contributed by atoms with van der Waals surface area (Å²) in [6.07, 6.45) is 0. The third-order valence-corrected chi connectivity index (χ3v) is 7.98. The van der Waals surface area contributed by atoms with Crippen molar-refractivity contribution in [1.29, 1.82) is 5.26 Å². The largest absolute Gasteiger partial charge is 0.308 e. The van der Waals surface area contributed by atoms with Gasteiger partial charge in [-0.15, -0.1) is 0 Å². The van der Waals surface area contributed by atoms with Crippen LogP contribution in [0.2, 0.25) is 0 Å². The summed E-state index contributed by atoms with van der Waals surface area (Å²) >= 11 is 0. The molecular weight excluding hydrogens is 440 g/mol. The molecule has 5 aromatic carbocycles. The minimum absolute atomic E-state index is 0.648. The van der Waals surface area contributed by atoms with Gasteiger partial charge in [0, 0.05) is 37.7 Å². The fourth-order valence-corrected chi connectivity index (χ4v) is 6.71. The maximum atomic E-state index is 9.73. The van der Waals surface area contributed by atoms with Crippen molar-refractivity contribution in [3.63, 3.8) is 0 Å². The zero-order chi connectivity index (χ0) is 23.7. The first-order valence-corrected chi connectivity index (χ1v) is 11.9. The van der Waals surface area contributed by atoms with Gasteiger partial charge in [0.25, 0.3) is 0 Å². The molecule has 0 aliphatic heterocycles. The van der Waals surface area contributed by atoms with E-state index in [4.69, 9.17) is 6.57 Å². The quantitative estimate of drug-likeness (QED) is 0.212. The molecule has 0 radical (unpaired) electrons. The summed E-state index contributed by atoms with van der Waals surface area (Å²) in [6, 6.07) is 31.6. The molecule has 0 aliphatic carbocycles. The number of aromatic nitrogens is 2. The van der Waals surface area contributed by atoms with E-state index in [1.54, 1.807) is 0 Å². The van der Waals surface area contributed by atoms with E-state index in [0.717, 1.165) is 32.8 Å². The fourth-order valence-electron chi connectivity index (χ4n) is 6.71. The van der Waals surface area contributed by atoms with E-state index in [1.165, 1.54) is 43.4 Å². The average molecular weight is 454 g/mol. The summed E-state index contributed by atoms with van der Waals surface area (Å²) in [5.74, 6) is 0. The molecule has 9 aromatic rings. The third kappa shape index (κ3) is 1.79. The molecule has 0 fully saturated rings. The van der Waals surface area contributed by atoms with Gasteiger partial charge in [-0.2, -0.15) is 5.26 Å². The highest BCUT2D eigenvalue weighted by atomic mass is 14.9. The van der Waals surface area contributed by atoms with Gasteiger partial charge < -0.3 is 8.80 Å². The first-order valence-electron chi connectivity index (χ1n) is 11.9. The smallest absolute Gasteiger partial charge is 0.188 e. The van der Waals surface area contributed by atoms with Crippen LogP contribution in [-0.4, -0.2) is 8.80 Å². The van der Waals surface area contributed by atoms with Crippen LogP contribution < -0.4 is 0 Å². The van der Waals surface area contributed by atoms with E-state index in [-0.39, 0.29) is 0 Å². The van der Waals surface area contributed by atoms with Gasteiger partial charge in [0.1, 0.15) is 0 Å². The Morgan fingerprint density at radius 1 is 0.583 bits per heavy atom. The molecule has 0 N–H and O–H groups in total. The molecule has 0 bridgehead atoms. The molecule has 162 valence electrons. The molecule has 4 aromatic heterocycles. The second-order valence-electron chi connectivity index (χ2n) is 9.56. The minimum Gasteiger partial charge on any atom is -0.308 e. The van der Waals surface area contributed by atoms with Gasteiger partial charge in [-0.3, -0.25) is 0 Å². The van der Waals surface area contributed by atoms with Crippen LogP contribution in [0, 0.1) is 17.9 Å². The fraction of sp³-hybridized carbons (Fsp3) is 0. The molecule has 0 saturated carbocycles. The second kappa shape index (κ2) is 5.84. The van der Waals surface area contributed by atoms with Crippen LogP contribution in [0.4, 0.5) is 5.69 Å². The minimum atomic E-state index is 0.648. The Hall–Kier alpha value is -5.32. The number of nitriles is 1. The van der Waals surface area contributed by atoms with Gasteiger partial charge in [-0.1, -0.05) is 42.5 Å². The van der Waals surface area contributed by atoms with Crippen LogP contribution in [0.15, 0.2) is 84.9 Å². The Morgan fingerprint density at radius 3 is 1.67 bits per heavy atom. The maximum Gasteiger partial charge on any atom is 0.188 e. The van der Waals surface area contributed by atoms with Crippen LogP contribution in [-0.2, 0) is 0 Å². The van der Waals surface area contributed by atoms with Crippen molar-refractivity contribution in [1.82, 2.24) is 8.80 Å². The molecule has 0 unspecified atom stereocenters. The van der Waals surface area contributed by atoms with Crippen LogP contribution in [0.1, 0.15) is 5.56 Å². The Kier molecular flexibility index (Phi) is 2.93. The summed E-state index contributed by atoms with van der Waals surface area (Å²) in [5.41, 5.74) is 8.24. The summed E-state index contributed by atoms with van der Waals surface area (Å²) in [4.78, 5) is 3.76. The summed E-state index contributed by atoms with van der Waals surface area (Å²) in [5, 5.41) is 19.2. The standard InChI is InChI=1S/C32H14N4/c1-34-18-11-13-26-22(15-18)30-28-20-7-3-4-8-23(20)35-25-12-10-17(16-33)14-21(25)29(31(28)35)27-19-6-2-5-9-24(19)36(26)32(27)30/h2-15H. The number of para-hydroxylation sites is 2. The lowest BCUT2D eigenvalue weighted by atomic mass is 9.97. The monoisotopic (exact) mass is 454 g/mol. The predicted octanol–water partition coefficient (Wildman–Crippen LogP) is 8.41. The topological polar surface area (TPSA) is 37.0 Å². The van der Waals surface area contributed by atoms with Crippen molar-refractivity contribution < 1.29 is 0 Å². The van der Waals surface area contributed by atoms with Crippen LogP contribution in [0.3, 0.4) is 0 Å². The zero-order valence-electron chi connectivity index (χ0n) is 18.9. The van der Waals surface area contributed by atoms with Gasteiger partial charge in [-0.25, -0.2) is 4.85 Å². The molecule has 4 heterocycles. The van der Waals surface area contributed by atoms with Gasteiger partial charge >= 0.3 is 0 Å². The molecule has 36 heavy (non-hydrogen) atoms. The average Bonchev–Trinajstić information content (AvgIpc) is 3.64. The first kappa shape index (κ1) is 18.1. The zero-order valence-corrected chi connectivity index (χ0v) is 18.9. The molecule has 4 heteroatoms. The number of hydrogen-bond donors (Lipinski definition) is 0. The molecule has 0 spiro atoms. The van der Waals surface area contributed by atoms with Crippen molar-refractivity contribution in [3.8, 4) is 6.07 Å². The molecule has 0 amide bonds. The lowest BCUT2D eigenvalue weighted by molar-refractivity contribution is 1.37. The molecule has 0 atom stereocenters. The molecule has 0 aliphatic rings. The van der Waals surface area contributed by atoms with Crippen molar-refractivity contribution in [2.24, 2.45) is 0 Å².